The van der Waals surface area contributed by atoms with Gasteiger partial charge in [0.05, 0.1) is 6.54 Å². The molecule has 1 aromatic carbocycles. The monoisotopic (exact) mass is 385 g/mol. The number of aliphatic imine (C=N–C) groups is 1. The summed E-state index contributed by atoms with van der Waals surface area (Å²) in [6.07, 6.45) is 2.19. The van der Waals surface area contributed by atoms with Gasteiger partial charge in [0, 0.05) is 42.8 Å². The molecule has 2 saturated heterocycles. The smallest absolute Gasteiger partial charge is 0.321 e. The Bertz CT molecular complexity index is 734. The van der Waals surface area contributed by atoms with E-state index in [1.165, 1.54) is 0 Å². The molecular weight excluding hydrogens is 350 g/mol. The number of nitrogens with one attached hydrogen (secondary N) is 2. The van der Waals surface area contributed by atoms with Gasteiger partial charge in [-0.05, 0) is 51.3 Å². The lowest BCUT2D eigenvalue weighted by Crippen LogP contribution is -2.72. The summed E-state index contributed by atoms with van der Waals surface area (Å²) >= 11 is 0. The Labute approximate surface area is 169 Å². The quantitative estimate of drug-likeness (QED) is 0.610. The molecule has 3 rings (SSSR count). The highest BCUT2D eigenvalue weighted by Crippen LogP contribution is 2.46. The molecule has 2 fully saturated rings. The van der Waals surface area contributed by atoms with Crippen molar-refractivity contribution in [3.8, 4) is 0 Å². The molecule has 0 aromatic heterocycles. The van der Waals surface area contributed by atoms with Crippen molar-refractivity contribution in [2.45, 2.75) is 59.5 Å². The van der Waals surface area contributed by atoms with Crippen molar-refractivity contribution in [3.63, 3.8) is 0 Å². The van der Waals surface area contributed by atoms with Crippen molar-refractivity contribution in [2.24, 2.45) is 10.4 Å². The second-order valence-electron chi connectivity index (χ2n) is 9.02. The fourth-order valence-electron chi connectivity index (χ4n) is 3.83. The Morgan fingerprint density at radius 1 is 1.18 bits per heavy atom. The third-order valence-electron chi connectivity index (χ3n) is 6.46. The fraction of sp³-hybridized carbons (Fsp3) is 0.636. The zero-order valence-electron chi connectivity index (χ0n) is 18.0. The molecule has 0 spiro atoms. The van der Waals surface area contributed by atoms with Crippen LogP contribution in [0.3, 0.4) is 0 Å². The lowest BCUT2D eigenvalue weighted by molar-refractivity contribution is -0.0667. The number of carbonyl (C=O) groups is 1. The third kappa shape index (κ3) is 4.10. The average molecular weight is 386 g/mol. The predicted octanol–water partition coefficient (Wildman–Crippen LogP) is 3.90. The first-order valence-corrected chi connectivity index (χ1v) is 10.5. The van der Waals surface area contributed by atoms with Gasteiger partial charge in [-0.25, -0.2) is 9.79 Å². The van der Waals surface area contributed by atoms with Crippen LogP contribution >= 0.6 is 0 Å². The van der Waals surface area contributed by atoms with Crippen molar-refractivity contribution in [1.82, 2.24) is 15.1 Å². The number of guanidine groups is 1. The number of hydrogen-bond acceptors (Lipinski definition) is 2. The Kier molecular flexibility index (Phi) is 5.87. The first-order valence-electron chi connectivity index (χ1n) is 10.5. The molecule has 0 radical (unpaired) electrons. The van der Waals surface area contributed by atoms with Crippen LogP contribution in [0.2, 0.25) is 0 Å². The van der Waals surface area contributed by atoms with E-state index in [0.29, 0.717) is 6.54 Å². The second kappa shape index (κ2) is 8.02. The van der Waals surface area contributed by atoms with Crippen LogP contribution in [0.25, 0.3) is 0 Å². The number of urea groups is 1. The maximum Gasteiger partial charge on any atom is 0.321 e. The number of likely N-dealkylation sites (tertiary alicyclic amines) is 2. The van der Waals surface area contributed by atoms with E-state index in [1.54, 1.807) is 0 Å². The van der Waals surface area contributed by atoms with Crippen LogP contribution in [0.15, 0.2) is 29.3 Å². The SMILES string of the molecule is CCNC(=NCc1cccc(NC(=O)N2CCCC2)c1)N1CC(C)(C)C1(C)C. The van der Waals surface area contributed by atoms with Crippen molar-refractivity contribution in [2.75, 3.05) is 31.5 Å². The third-order valence-corrected chi connectivity index (χ3v) is 6.46. The molecule has 2 aliphatic rings. The zero-order chi connectivity index (χ0) is 20.4. The summed E-state index contributed by atoms with van der Waals surface area (Å²) in [6.45, 7) is 15.4. The average Bonchev–Trinajstić information content (AvgIpc) is 3.19. The van der Waals surface area contributed by atoms with Gasteiger partial charge >= 0.3 is 6.03 Å². The van der Waals surface area contributed by atoms with Crippen LogP contribution < -0.4 is 10.6 Å². The molecule has 2 amide bonds. The zero-order valence-corrected chi connectivity index (χ0v) is 18.0. The topological polar surface area (TPSA) is 60.0 Å². The molecule has 0 saturated carbocycles. The van der Waals surface area contributed by atoms with Gasteiger partial charge < -0.3 is 20.4 Å². The van der Waals surface area contributed by atoms with Crippen LogP contribution in [-0.2, 0) is 6.54 Å². The summed E-state index contributed by atoms with van der Waals surface area (Å²) in [5.74, 6) is 0.957. The lowest BCUT2D eigenvalue weighted by atomic mass is 9.65. The number of rotatable bonds is 4. The summed E-state index contributed by atoms with van der Waals surface area (Å²) in [4.78, 5) is 21.4. The van der Waals surface area contributed by atoms with E-state index in [0.717, 1.165) is 56.2 Å². The van der Waals surface area contributed by atoms with Crippen molar-refractivity contribution in [1.29, 1.82) is 0 Å². The Morgan fingerprint density at radius 3 is 2.50 bits per heavy atom. The molecule has 2 aliphatic heterocycles. The Balaban J connectivity index is 1.67. The summed E-state index contributed by atoms with van der Waals surface area (Å²) in [7, 11) is 0. The van der Waals surface area contributed by atoms with Crippen LogP contribution in [-0.4, -0.2) is 53.5 Å². The van der Waals surface area contributed by atoms with E-state index in [2.05, 4.69) is 56.2 Å². The minimum Gasteiger partial charge on any atom is -0.356 e. The summed E-state index contributed by atoms with van der Waals surface area (Å²) in [5.41, 5.74) is 2.26. The first-order chi connectivity index (χ1) is 13.2. The molecule has 1 aromatic rings. The second-order valence-corrected chi connectivity index (χ2v) is 9.02. The van der Waals surface area contributed by atoms with Gasteiger partial charge in [-0.3, -0.25) is 0 Å². The largest absolute Gasteiger partial charge is 0.356 e. The van der Waals surface area contributed by atoms with E-state index in [4.69, 9.17) is 4.99 Å². The van der Waals surface area contributed by atoms with Crippen LogP contribution in [0.4, 0.5) is 10.5 Å². The Hall–Kier alpha value is -2.24. The summed E-state index contributed by atoms with van der Waals surface area (Å²) in [5, 5.41) is 6.45. The Morgan fingerprint density at radius 2 is 1.89 bits per heavy atom. The molecular formula is C22H35N5O. The van der Waals surface area contributed by atoms with Gasteiger partial charge in [0.15, 0.2) is 5.96 Å². The molecule has 2 heterocycles. The minimum atomic E-state index is -0.00366. The summed E-state index contributed by atoms with van der Waals surface area (Å²) < 4.78 is 0. The maximum absolute atomic E-state index is 12.3. The van der Waals surface area contributed by atoms with Crippen molar-refractivity contribution < 1.29 is 4.79 Å². The number of amides is 2. The number of nitrogens with zero attached hydrogens (tertiary/aromatic N) is 3. The van der Waals surface area contributed by atoms with Crippen LogP contribution in [0, 0.1) is 5.41 Å². The minimum absolute atomic E-state index is 0.00366. The van der Waals surface area contributed by atoms with Crippen molar-refractivity contribution in [3.05, 3.63) is 29.8 Å². The number of benzene rings is 1. The highest BCUT2D eigenvalue weighted by atomic mass is 16.2. The highest BCUT2D eigenvalue weighted by Gasteiger charge is 2.53. The molecule has 6 heteroatoms. The first kappa shape index (κ1) is 20.5. The molecule has 0 bridgehead atoms. The lowest BCUT2D eigenvalue weighted by Gasteiger charge is -2.62. The van der Waals surface area contributed by atoms with E-state index in [1.807, 2.05) is 23.1 Å². The molecule has 154 valence electrons. The van der Waals surface area contributed by atoms with E-state index in [-0.39, 0.29) is 17.0 Å². The molecule has 0 aliphatic carbocycles. The number of anilines is 1. The fourth-order valence-corrected chi connectivity index (χ4v) is 3.83. The van der Waals surface area contributed by atoms with Gasteiger partial charge in [-0.2, -0.15) is 0 Å². The van der Waals surface area contributed by atoms with Gasteiger partial charge in [-0.1, -0.05) is 26.0 Å². The molecule has 6 nitrogen and oxygen atoms in total. The van der Waals surface area contributed by atoms with E-state index < -0.39 is 0 Å². The van der Waals surface area contributed by atoms with Gasteiger partial charge in [0.25, 0.3) is 0 Å². The molecule has 0 unspecified atom stereocenters. The molecule has 28 heavy (non-hydrogen) atoms. The number of hydrogen-bond donors (Lipinski definition) is 2. The molecule has 0 atom stereocenters. The normalized spacial score (nSPS) is 20.7. The van der Waals surface area contributed by atoms with Crippen LogP contribution in [0.1, 0.15) is 53.0 Å². The van der Waals surface area contributed by atoms with Gasteiger partial charge in [-0.15, -0.1) is 0 Å². The standard InChI is InChI=1S/C22H35N5O/c1-6-23-19(27-16-21(2,3)22(27,4)5)24-15-17-10-9-11-18(14-17)25-20(28)26-12-7-8-13-26/h9-11,14H,6-8,12-13,15-16H2,1-5H3,(H,23,24)(H,25,28). The highest BCUT2D eigenvalue weighted by molar-refractivity contribution is 5.89. The van der Waals surface area contributed by atoms with Gasteiger partial charge in [0.1, 0.15) is 0 Å². The predicted molar refractivity (Wildman–Crippen MR) is 116 cm³/mol. The van der Waals surface area contributed by atoms with Gasteiger partial charge in [0.2, 0.25) is 0 Å². The summed E-state index contributed by atoms with van der Waals surface area (Å²) in [6, 6.07) is 7.99. The van der Waals surface area contributed by atoms with Crippen molar-refractivity contribution >= 4 is 17.7 Å². The molecule has 2 N–H and O–H groups in total. The van der Waals surface area contributed by atoms with E-state index >= 15 is 0 Å². The van der Waals surface area contributed by atoms with E-state index in [9.17, 15) is 4.79 Å². The van der Waals surface area contributed by atoms with Crippen LogP contribution in [0.5, 0.6) is 0 Å². The number of carbonyl (C=O) groups excluding carboxylic acids is 1. The maximum atomic E-state index is 12.3.